The Morgan fingerprint density at radius 3 is 3.33 bits per heavy atom. The largest absolute Gasteiger partial charge is 0.356 e. The summed E-state index contributed by atoms with van der Waals surface area (Å²) in [6.45, 7) is 0. The van der Waals surface area contributed by atoms with Gasteiger partial charge < -0.3 is 4.52 Å². The van der Waals surface area contributed by atoms with E-state index in [0.717, 1.165) is 5.39 Å². The molecule has 4 nitrogen and oxygen atoms in total. The molecule has 0 aliphatic heterocycles. The van der Waals surface area contributed by atoms with Gasteiger partial charge in [-0.15, -0.1) is 0 Å². The molecule has 0 bridgehead atoms. The third kappa shape index (κ3) is 0.920. The lowest BCUT2D eigenvalue weighted by molar-refractivity contribution is 0.448. The summed E-state index contributed by atoms with van der Waals surface area (Å²) in [5.41, 5.74) is 1.33. The van der Waals surface area contributed by atoms with Gasteiger partial charge in [0.05, 0.1) is 17.9 Å². The third-order valence-corrected chi connectivity index (χ3v) is 1.59. The van der Waals surface area contributed by atoms with Gasteiger partial charge in [0.2, 0.25) is 0 Å². The van der Waals surface area contributed by atoms with Gasteiger partial charge >= 0.3 is 0 Å². The summed E-state index contributed by atoms with van der Waals surface area (Å²) < 4.78 is 4.96. The maximum atomic E-state index is 8.45. The minimum absolute atomic E-state index is 0.263. The fraction of sp³-hybridized carbons (Fsp3) is 0.125. The third-order valence-electron chi connectivity index (χ3n) is 1.59. The van der Waals surface area contributed by atoms with Crippen LogP contribution in [0, 0.1) is 11.3 Å². The molecule has 2 aromatic rings. The zero-order chi connectivity index (χ0) is 8.39. The first-order chi connectivity index (χ1) is 5.92. The Morgan fingerprint density at radius 2 is 2.50 bits per heavy atom. The average Bonchev–Trinajstić information content (AvgIpc) is 2.50. The predicted molar refractivity (Wildman–Crippen MR) is 41.1 cm³/mol. The summed E-state index contributed by atoms with van der Waals surface area (Å²) in [5.74, 6) is 0. The van der Waals surface area contributed by atoms with E-state index in [9.17, 15) is 0 Å². The van der Waals surface area contributed by atoms with Crippen molar-refractivity contribution in [3.05, 3.63) is 24.2 Å². The van der Waals surface area contributed by atoms with Crippen molar-refractivity contribution in [2.45, 2.75) is 6.42 Å². The van der Waals surface area contributed by atoms with Crippen molar-refractivity contribution in [1.29, 1.82) is 5.26 Å². The lowest BCUT2D eigenvalue weighted by Gasteiger charge is -1.84. The van der Waals surface area contributed by atoms with Crippen LogP contribution in [0.5, 0.6) is 0 Å². The van der Waals surface area contributed by atoms with E-state index in [1.54, 1.807) is 18.5 Å². The molecule has 58 valence electrons. The van der Waals surface area contributed by atoms with Crippen molar-refractivity contribution in [2.75, 3.05) is 0 Å². The van der Waals surface area contributed by atoms with E-state index in [1.165, 1.54) is 0 Å². The van der Waals surface area contributed by atoms with Crippen LogP contribution in [0.1, 0.15) is 5.69 Å². The van der Waals surface area contributed by atoms with E-state index < -0.39 is 0 Å². The fourth-order valence-corrected chi connectivity index (χ4v) is 1.03. The highest BCUT2D eigenvalue weighted by atomic mass is 16.5. The standard InChI is InChI=1S/C8H5N3O/c9-3-1-7-6-5-10-4-2-8(6)12-11-7/h2,4-5H,1H2. The Balaban J connectivity index is 2.64. The first kappa shape index (κ1) is 6.80. The fourth-order valence-electron chi connectivity index (χ4n) is 1.03. The number of hydrogen-bond acceptors (Lipinski definition) is 4. The smallest absolute Gasteiger partial charge is 0.170 e. The van der Waals surface area contributed by atoms with E-state index in [2.05, 4.69) is 10.1 Å². The molecule has 0 fully saturated rings. The number of nitriles is 1. The molecule has 0 N–H and O–H groups in total. The van der Waals surface area contributed by atoms with Crippen molar-refractivity contribution in [1.82, 2.24) is 10.1 Å². The van der Waals surface area contributed by atoms with E-state index >= 15 is 0 Å². The Kier molecular flexibility index (Phi) is 1.49. The molecular formula is C8H5N3O. The molecule has 12 heavy (non-hydrogen) atoms. The van der Waals surface area contributed by atoms with Gasteiger partial charge in [0.15, 0.2) is 5.58 Å². The van der Waals surface area contributed by atoms with Crippen LogP contribution in [0.4, 0.5) is 0 Å². The van der Waals surface area contributed by atoms with Crippen molar-refractivity contribution >= 4 is 11.0 Å². The quantitative estimate of drug-likeness (QED) is 0.628. The Bertz CT molecular complexity index is 441. The van der Waals surface area contributed by atoms with Gasteiger partial charge in [0.25, 0.3) is 0 Å². The van der Waals surface area contributed by atoms with Gasteiger partial charge in [-0.25, -0.2) is 0 Å². The van der Waals surface area contributed by atoms with Crippen LogP contribution in [0.25, 0.3) is 11.0 Å². The van der Waals surface area contributed by atoms with Crippen molar-refractivity contribution in [3.63, 3.8) is 0 Å². The van der Waals surface area contributed by atoms with E-state index in [-0.39, 0.29) is 6.42 Å². The van der Waals surface area contributed by atoms with Crippen molar-refractivity contribution in [3.8, 4) is 6.07 Å². The summed E-state index contributed by atoms with van der Waals surface area (Å²) in [6.07, 6.45) is 3.54. The minimum atomic E-state index is 0.263. The topological polar surface area (TPSA) is 62.7 Å². The van der Waals surface area contributed by atoms with Crippen molar-refractivity contribution < 1.29 is 4.52 Å². The van der Waals surface area contributed by atoms with Gasteiger partial charge in [0, 0.05) is 18.5 Å². The molecule has 2 aromatic heterocycles. The van der Waals surface area contributed by atoms with Crippen molar-refractivity contribution in [2.24, 2.45) is 0 Å². The van der Waals surface area contributed by atoms with Crippen LogP contribution >= 0.6 is 0 Å². The Labute approximate surface area is 68.4 Å². The molecule has 0 aliphatic carbocycles. The highest BCUT2D eigenvalue weighted by Gasteiger charge is 2.05. The highest BCUT2D eigenvalue weighted by Crippen LogP contribution is 2.16. The van der Waals surface area contributed by atoms with Crippen LogP contribution in [-0.4, -0.2) is 10.1 Å². The monoisotopic (exact) mass is 159 g/mol. The Morgan fingerprint density at radius 1 is 1.58 bits per heavy atom. The number of aromatic nitrogens is 2. The number of nitrogens with zero attached hydrogens (tertiary/aromatic N) is 3. The van der Waals surface area contributed by atoms with Gasteiger partial charge in [-0.1, -0.05) is 5.16 Å². The molecule has 4 heteroatoms. The molecule has 0 unspecified atom stereocenters. The molecule has 0 radical (unpaired) electrons. The Hall–Kier alpha value is -1.89. The second-order valence-corrected chi connectivity index (χ2v) is 2.34. The molecule has 0 aliphatic rings. The molecule has 0 atom stereocenters. The lowest BCUT2D eigenvalue weighted by atomic mass is 10.2. The van der Waals surface area contributed by atoms with Crippen LogP contribution < -0.4 is 0 Å². The van der Waals surface area contributed by atoms with Crippen LogP contribution in [0.2, 0.25) is 0 Å². The molecule has 2 heterocycles. The molecule has 0 saturated heterocycles. The summed E-state index contributed by atoms with van der Waals surface area (Å²) in [7, 11) is 0. The minimum Gasteiger partial charge on any atom is -0.356 e. The summed E-state index contributed by atoms with van der Waals surface area (Å²) >= 11 is 0. The van der Waals surface area contributed by atoms with Gasteiger partial charge in [-0.05, 0) is 0 Å². The number of pyridine rings is 1. The summed E-state index contributed by atoms with van der Waals surface area (Å²) in [6, 6.07) is 3.74. The average molecular weight is 159 g/mol. The van der Waals surface area contributed by atoms with Gasteiger partial charge in [-0.2, -0.15) is 5.26 Å². The molecule has 0 amide bonds. The first-order valence-electron chi connectivity index (χ1n) is 3.47. The summed E-state index contributed by atoms with van der Waals surface area (Å²) in [5, 5.41) is 13.0. The number of fused-ring (bicyclic) bond motifs is 1. The second-order valence-electron chi connectivity index (χ2n) is 2.34. The SMILES string of the molecule is N#CCc1noc2ccncc12. The number of rotatable bonds is 1. The molecule has 2 rings (SSSR count). The maximum Gasteiger partial charge on any atom is 0.170 e. The molecular weight excluding hydrogens is 154 g/mol. The van der Waals surface area contributed by atoms with Crippen LogP contribution in [0.15, 0.2) is 23.0 Å². The summed E-state index contributed by atoms with van der Waals surface area (Å²) in [4.78, 5) is 3.92. The van der Waals surface area contributed by atoms with E-state index in [1.807, 2.05) is 6.07 Å². The molecule has 0 saturated carbocycles. The first-order valence-corrected chi connectivity index (χ1v) is 3.47. The highest BCUT2D eigenvalue weighted by molar-refractivity contribution is 5.78. The normalized spacial score (nSPS) is 9.92. The molecule has 0 spiro atoms. The second kappa shape index (κ2) is 2.62. The van der Waals surface area contributed by atoms with Crippen LogP contribution in [0.3, 0.4) is 0 Å². The predicted octanol–water partition coefficient (Wildman–Crippen LogP) is 1.29. The maximum absolute atomic E-state index is 8.45. The van der Waals surface area contributed by atoms with Gasteiger partial charge in [-0.3, -0.25) is 4.98 Å². The van der Waals surface area contributed by atoms with Crippen LogP contribution in [-0.2, 0) is 6.42 Å². The molecule has 0 aromatic carbocycles. The van der Waals surface area contributed by atoms with E-state index in [0.29, 0.717) is 11.3 Å². The zero-order valence-electron chi connectivity index (χ0n) is 6.19. The zero-order valence-corrected chi connectivity index (χ0v) is 6.19. The number of hydrogen-bond donors (Lipinski definition) is 0. The lowest BCUT2D eigenvalue weighted by Crippen LogP contribution is -1.80. The van der Waals surface area contributed by atoms with Gasteiger partial charge in [0.1, 0.15) is 5.69 Å². The van der Waals surface area contributed by atoms with E-state index in [4.69, 9.17) is 9.78 Å².